The van der Waals surface area contributed by atoms with Crippen LogP contribution in [0.15, 0.2) is 54.6 Å². The van der Waals surface area contributed by atoms with Crippen LogP contribution in [0.5, 0.6) is 0 Å². The van der Waals surface area contributed by atoms with Crippen molar-refractivity contribution in [2.45, 2.75) is 17.9 Å². The van der Waals surface area contributed by atoms with E-state index in [0.29, 0.717) is 28.7 Å². The number of carbonyl (C=O) groups excluding carboxylic acids is 1. The monoisotopic (exact) mass is 369 g/mol. The smallest absolute Gasteiger partial charge is 0.229 e. The molecule has 26 heavy (non-hydrogen) atoms. The molecule has 132 valence electrons. The summed E-state index contributed by atoms with van der Waals surface area (Å²) in [7, 11) is -1.01. The van der Waals surface area contributed by atoms with Crippen LogP contribution in [0, 0.1) is 5.82 Å². The fraction of sp³-hybridized carbons (Fsp3) is 0.158. The maximum absolute atomic E-state index is 13.2. The van der Waals surface area contributed by atoms with Gasteiger partial charge in [-0.1, -0.05) is 30.3 Å². The maximum Gasteiger partial charge on any atom is 0.229 e. The number of fused-ring (bicyclic) bond motifs is 1. The summed E-state index contributed by atoms with van der Waals surface area (Å²) < 4.78 is 26.7. The van der Waals surface area contributed by atoms with Crippen LogP contribution >= 0.6 is 0 Å². The van der Waals surface area contributed by atoms with Crippen molar-refractivity contribution in [1.29, 1.82) is 0 Å². The van der Waals surface area contributed by atoms with Gasteiger partial charge in [0, 0.05) is 16.4 Å². The largest absolute Gasteiger partial charge is 0.310 e. The molecule has 7 heteroatoms. The van der Waals surface area contributed by atoms with E-state index in [2.05, 4.69) is 10.4 Å². The molecule has 0 unspecified atom stereocenters. The van der Waals surface area contributed by atoms with Gasteiger partial charge in [0.2, 0.25) is 5.91 Å². The van der Waals surface area contributed by atoms with Gasteiger partial charge in [-0.3, -0.25) is 9.00 Å². The molecular formula is C19H16FN3O2S. The molecule has 0 bridgehead atoms. The number of amides is 1. The molecule has 2 heterocycles. The number of carbonyl (C=O) groups is 1. The van der Waals surface area contributed by atoms with Crippen LogP contribution in [0.1, 0.15) is 16.8 Å². The van der Waals surface area contributed by atoms with Gasteiger partial charge in [0.05, 0.1) is 29.3 Å². The van der Waals surface area contributed by atoms with Gasteiger partial charge in [0.25, 0.3) is 0 Å². The highest BCUT2D eigenvalue weighted by Crippen LogP contribution is 2.31. The van der Waals surface area contributed by atoms with Crippen LogP contribution in [0.2, 0.25) is 0 Å². The van der Waals surface area contributed by atoms with Crippen molar-refractivity contribution in [3.8, 4) is 5.69 Å². The average Bonchev–Trinajstić information content (AvgIpc) is 3.14. The number of aromatic nitrogens is 2. The summed E-state index contributed by atoms with van der Waals surface area (Å²) in [6.07, 6.45) is 0.229. The molecule has 1 atom stereocenters. The van der Waals surface area contributed by atoms with Gasteiger partial charge in [-0.25, -0.2) is 9.07 Å². The molecule has 0 radical (unpaired) electrons. The first kappa shape index (κ1) is 16.7. The lowest BCUT2D eigenvalue weighted by molar-refractivity contribution is -0.115. The van der Waals surface area contributed by atoms with Crippen molar-refractivity contribution in [2.24, 2.45) is 0 Å². The van der Waals surface area contributed by atoms with Gasteiger partial charge in [-0.15, -0.1) is 0 Å². The van der Waals surface area contributed by atoms with Crippen molar-refractivity contribution in [3.63, 3.8) is 0 Å². The first-order valence-corrected chi connectivity index (χ1v) is 9.64. The number of hydrogen-bond acceptors (Lipinski definition) is 3. The van der Waals surface area contributed by atoms with E-state index in [9.17, 15) is 13.4 Å². The second-order valence-corrected chi connectivity index (χ2v) is 7.56. The lowest BCUT2D eigenvalue weighted by Gasteiger charge is -2.11. The lowest BCUT2D eigenvalue weighted by atomic mass is 10.1. The molecule has 1 aliphatic heterocycles. The summed E-state index contributed by atoms with van der Waals surface area (Å²) in [6.45, 7) is 0. The number of anilines is 1. The number of nitrogens with zero attached hydrogens (tertiary/aromatic N) is 2. The van der Waals surface area contributed by atoms with Crippen LogP contribution in [0.25, 0.3) is 5.69 Å². The van der Waals surface area contributed by atoms with Crippen molar-refractivity contribution >= 4 is 22.5 Å². The predicted molar refractivity (Wildman–Crippen MR) is 97.8 cm³/mol. The second-order valence-electron chi connectivity index (χ2n) is 6.10. The van der Waals surface area contributed by atoms with E-state index >= 15 is 0 Å². The molecule has 5 nitrogen and oxygen atoms in total. The van der Waals surface area contributed by atoms with E-state index in [1.54, 1.807) is 16.8 Å². The van der Waals surface area contributed by atoms with E-state index in [-0.39, 0.29) is 18.1 Å². The highest BCUT2D eigenvalue weighted by Gasteiger charge is 2.28. The number of nitrogens with one attached hydrogen (secondary N) is 1. The number of rotatable bonds is 4. The third kappa shape index (κ3) is 3.30. The number of hydrogen-bond donors (Lipinski definition) is 1. The molecule has 0 spiro atoms. The SMILES string of the molecule is O=C(Cc1ccccc1)Nc1c2c(nn1-c1ccc(F)cc1)C[S@@](=O)C2. The third-order valence-corrected chi connectivity index (χ3v) is 5.41. The number of halogens is 1. The van der Waals surface area contributed by atoms with Crippen molar-refractivity contribution in [3.05, 3.63) is 77.2 Å². The Morgan fingerprint density at radius 3 is 2.58 bits per heavy atom. The minimum Gasteiger partial charge on any atom is -0.310 e. The Hall–Kier alpha value is -2.80. The lowest BCUT2D eigenvalue weighted by Crippen LogP contribution is -2.18. The Morgan fingerprint density at radius 1 is 1.12 bits per heavy atom. The van der Waals surface area contributed by atoms with Crippen LogP contribution in [0.3, 0.4) is 0 Å². The standard InChI is InChI=1S/C19H16FN3O2S/c20-14-6-8-15(9-7-14)23-19(16-11-26(25)12-17(16)22-23)21-18(24)10-13-4-2-1-3-5-13/h1-9H,10-12H2,(H,21,24)/t26-/m0/s1. The van der Waals surface area contributed by atoms with Gasteiger partial charge < -0.3 is 5.32 Å². The molecule has 1 amide bonds. The van der Waals surface area contributed by atoms with Gasteiger partial charge in [-0.05, 0) is 29.8 Å². The quantitative estimate of drug-likeness (QED) is 0.769. The molecule has 0 aliphatic carbocycles. The maximum atomic E-state index is 13.2. The summed E-state index contributed by atoms with van der Waals surface area (Å²) in [5, 5.41) is 7.39. The normalized spacial score (nSPS) is 15.7. The van der Waals surface area contributed by atoms with Crippen LogP contribution < -0.4 is 5.32 Å². The highest BCUT2D eigenvalue weighted by molar-refractivity contribution is 7.83. The molecule has 2 aromatic carbocycles. The van der Waals surface area contributed by atoms with E-state index in [1.807, 2.05) is 30.3 Å². The van der Waals surface area contributed by atoms with E-state index < -0.39 is 10.8 Å². The van der Waals surface area contributed by atoms with Gasteiger partial charge in [-0.2, -0.15) is 5.10 Å². The molecular weight excluding hydrogens is 353 g/mol. The first-order chi connectivity index (χ1) is 12.6. The van der Waals surface area contributed by atoms with Crippen LogP contribution in [-0.4, -0.2) is 19.9 Å². The summed E-state index contributed by atoms with van der Waals surface area (Å²) in [6, 6.07) is 15.3. The highest BCUT2D eigenvalue weighted by atomic mass is 32.2. The predicted octanol–water partition coefficient (Wildman–Crippen LogP) is 2.95. The van der Waals surface area contributed by atoms with E-state index in [0.717, 1.165) is 11.1 Å². The molecule has 1 aromatic heterocycles. The molecule has 3 aromatic rings. The minimum absolute atomic E-state index is 0.181. The van der Waals surface area contributed by atoms with Crippen LogP contribution in [0.4, 0.5) is 10.2 Å². The van der Waals surface area contributed by atoms with Crippen molar-refractivity contribution in [2.75, 3.05) is 5.32 Å². The minimum atomic E-state index is -1.01. The summed E-state index contributed by atoms with van der Waals surface area (Å²) in [4.78, 5) is 12.5. The van der Waals surface area contributed by atoms with Gasteiger partial charge in [0.1, 0.15) is 11.6 Å². The third-order valence-electron chi connectivity index (χ3n) is 4.21. The summed E-state index contributed by atoms with van der Waals surface area (Å²) >= 11 is 0. The topological polar surface area (TPSA) is 64.0 Å². The first-order valence-electron chi connectivity index (χ1n) is 8.15. The van der Waals surface area contributed by atoms with Crippen LogP contribution in [-0.2, 0) is 33.5 Å². The Balaban J connectivity index is 1.66. The molecule has 0 saturated heterocycles. The molecule has 4 rings (SSSR count). The van der Waals surface area contributed by atoms with E-state index in [4.69, 9.17) is 0 Å². The zero-order chi connectivity index (χ0) is 18.1. The Kier molecular flexibility index (Phi) is 4.38. The van der Waals surface area contributed by atoms with Gasteiger partial charge in [0.15, 0.2) is 0 Å². The molecule has 1 N–H and O–H groups in total. The Morgan fingerprint density at radius 2 is 1.85 bits per heavy atom. The zero-order valence-corrected chi connectivity index (χ0v) is 14.6. The Bertz CT molecular complexity index is 984. The average molecular weight is 369 g/mol. The molecule has 0 saturated carbocycles. The number of benzene rings is 2. The summed E-state index contributed by atoms with van der Waals surface area (Å²) in [5.74, 6) is 0.713. The fourth-order valence-electron chi connectivity index (χ4n) is 2.98. The second kappa shape index (κ2) is 6.84. The zero-order valence-electron chi connectivity index (χ0n) is 13.8. The molecule has 1 aliphatic rings. The fourth-order valence-corrected chi connectivity index (χ4v) is 4.25. The molecule has 0 fully saturated rings. The Labute approximate surface area is 152 Å². The summed E-state index contributed by atoms with van der Waals surface area (Å²) in [5.41, 5.74) is 3.04. The van der Waals surface area contributed by atoms with Crippen molar-refractivity contribution in [1.82, 2.24) is 9.78 Å². The van der Waals surface area contributed by atoms with E-state index in [1.165, 1.54) is 12.1 Å². The van der Waals surface area contributed by atoms with Crippen molar-refractivity contribution < 1.29 is 13.4 Å². The van der Waals surface area contributed by atoms with Gasteiger partial charge >= 0.3 is 0 Å².